The van der Waals surface area contributed by atoms with E-state index >= 15 is 0 Å². The summed E-state index contributed by atoms with van der Waals surface area (Å²) in [5, 5.41) is 58.9. The maximum Gasteiger partial charge on any atom is 1.00 e. The molecule has 57 heavy (non-hydrogen) atoms. The molecule has 2 aliphatic heterocycles. The van der Waals surface area contributed by atoms with Crippen molar-refractivity contribution < 1.29 is 113 Å². The summed E-state index contributed by atoms with van der Waals surface area (Å²) in [6, 6.07) is 4.38. The van der Waals surface area contributed by atoms with Crippen LogP contribution in [-0.4, -0.2) is 120 Å². The molecule has 24 heteroatoms. The van der Waals surface area contributed by atoms with Crippen LogP contribution in [0.1, 0.15) is 22.0 Å². The summed E-state index contributed by atoms with van der Waals surface area (Å²) >= 11 is 2.39. The predicted molar refractivity (Wildman–Crippen MR) is 187 cm³/mol. The number of carbonyl (C=O) groups excluding carboxylic acids is 5. The average Bonchev–Trinajstić information content (AvgIpc) is 3.61. The molecule has 3 atom stereocenters. The number of likely N-dealkylation sites (N-methyl/N-ethyl adjacent to an activating group) is 1. The van der Waals surface area contributed by atoms with Crippen molar-refractivity contribution in [1.82, 2.24) is 40.6 Å². The fourth-order valence-electron chi connectivity index (χ4n) is 5.62. The average molecular weight is 841 g/mol. The molecule has 4 heterocycles. The number of fused-ring (bicyclic) bond motifs is 2. The van der Waals surface area contributed by atoms with Crippen molar-refractivity contribution in [2.75, 3.05) is 38.8 Å². The number of rotatable bonds is 15. The van der Waals surface area contributed by atoms with Gasteiger partial charge in [0.15, 0.2) is 11.5 Å². The maximum atomic E-state index is 13.9. The molecule has 4 N–H and O–H groups in total. The number of nitrogens with zero attached hydrogens (tertiary/aromatic N) is 6. The van der Waals surface area contributed by atoms with Crippen molar-refractivity contribution in [3.8, 4) is 17.2 Å². The second kappa shape index (κ2) is 19.5. The fourth-order valence-corrected chi connectivity index (χ4v) is 8.01. The van der Waals surface area contributed by atoms with Crippen LogP contribution < -0.4 is 90.1 Å². The van der Waals surface area contributed by atoms with Gasteiger partial charge in [-0.25, -0.2) is 4.68 Å². The van der Waals surface area contributed by atoms with Crippen LogP contribution in [0.15, 0.2) is 68.3 Å². The molecule has 4 aromatic rings. The van der Waals surface area contributed by atoms with Gasteiger partial charge < -0.3 is 54.7 Å². The van der Waals surface area contributed by atoms with E-state index in [-0.39, 0.29) is 98.6 Å². The Morgan fingerprint density at radius 1 is 1.11 bits per heavy atom. The van der Waals surface area contributed by atoms with E-state index in [1.54, 1.807) is 4.68 Å². The summed E-state index contributed by atoms with van der Waals surface area (Å²) < 4.78 is 12.0. The monoisotopic (exact) mass is 840 g/mol. The number of aromatic hydroxyl groups is 2. The molecule has 0 radical (unpaired) electrons. The minimum atomic E-state index is -1.59. The molecule has 0 saturated carbocycles. The molecule has 0 aliphatic carbocycles. The second-order valence-corrected chi connectivity index (χ2v) is 14.4. The third-order valence-electron chi connectivity index (χ3n) is 8.39. The van der Waals surface area contributed by atoms with Crippen molar-refractivity contribution in [3.63, 3.8) is 0 Å². The predicted octanol–water partition coefficient (Wildman–Crippen LogP) is -8.44. The summed E-state index contributed by atoms with van der Waals surface area (Å²) in [5.74, 6) is -6.67. The summed E-state index contributed by atoms with van der Waals surface area (Å²) in [6.07, 6.45) is 0.808. The number of phenols is 2. The Labute approximate surface area is 374 Å². The Morgan fingerprint density at radius 3 is 2.47 bits per heavy atom. The summed E-state index contributed by atoms with van der Waals surface area (Å²) in [4.78, 5) is 80.3. The summed E-state index contributed by atoms with van der Waals surface area (Å²) in [6.45, 7) is 0.386. The number of hydrogen-bond acceptors (Lipinski definition) is 18. The molecule has 0 bridgehead atoms. The van der Waals surface area contributed by atoms with Crippen LogP contribution in [0.4, 0.5) is 0 Å². The molecule has 2 aromatic carbocycles. The second-order valence-electron chi connectivity index (χ2n) is 12.4. The maximum absolute atomic E-state index is 13.9. The molecule has 288 valence electrons. The molecular formula is C33H30N8Na2O12S2. The number of carboxylic acids is 2. The Bertz CT molecular complexity index is 2290. The molecule has 3 amide bonds. The Morgan fingerprint density at radius 2 is 1.81 bits per heavy atom. The molecule has 1 unspecified atom stereocenters. The third-order valence-corrected chi connectivity index (χ3v) is 10.8. The Hall–Kier alpha value is -4.13. The van der Waals surface area contributed by atoms with Gasteiger partial charge in [-0.05, 0) is 53.9 Å². The van der Waals surface area contributed by atoms with E-state index in [0.717, 1.165) is 23.3 Å². The number of benzene rings is 2. The van der Waals surface area contributed by atoms with E-state index in [2.05, 4.69) is 26.2 Å². The van der Waals surface area contributed by atoms with Crippen molar-refractivity contribution in [1.29, 1.82) is 0 Å². The number of β-lactam (4-membered cyclic amide) rings is 1. The van der Waals surface area contributed by atoms with Gasteiger partial charge in [-0.3, -0.25) is 24.1 Å². The zero-order chi connectivity index (χ0) is 39.6. The minimum absolute atomic E-state index is 0. The van der Waals surface area contributed by atoms with Gasteiger partial charge in [-0.1, -0.05) is 23.9 Å². The number of carbonyl (C=O) groups is 5. The van der Waals surface area contributed by atoms with Gasteiger partial charge in [0.1, 0.15) is 47.2 Å². The van der Waals surface area contributed by atoms with Crippen molar-refractivity contribution in [2.45, 2.75) is 29.2 Å². The standard InChI is InChI=1S/C33H32N8O12S2.2Na/c1-39(2)7-8-40-33(36-37-38-40)55-14-16-13-54-31-25(30(49)41(31)26(16)32(50)51)35-29(48)24(15-3-5-17(6-4-15)52-12-23(44)45)34-28(47)19-11-53-22-10-21(43)20(42)9-18(22)27(19)46;;/h3-6,9-11,24-25,31,42-43H,7-8,12-14H2,1-2H3,(H,34,47)(H,35,48)(H,44,45)(H,50,51);;/q;2*+1/p-2/t24?,25-,31+;;/m1../s1. The topological polar surface area (TPSA) is 286 Å². The Kier molecular flexibility index (Phi) is 15.6. The number of ether oxygens (including phenoxy) is 1. The van der Waals surface area contributed by atoms with Gasteiger partial charge in [-0.2, -0.15) is 0 Å². The molecule has 2 aromatic heterocycles. The first kappa shape index (κ1) is 45.6. The first-order chi connectivity index (χ1) is 26.2. The van der Waals surface area contributed by atoms with Crippen LogP contribution in [0, 0.1) is 0 Å². The normalized spacial score (nSPS) is 16.5. The SMILES string of the molecule is CN(C)CCn1nnnc1SCC1=C(C(=O)[O-])N2C(=O)[C@@H](NC(=O)C(NC(=O)c3coc4cc(O)c(O)cc4c3=O)c3ccc(OCC(=O)[O-])cc3)[C@@H]2SC1.[Na+].[Na+]. The number of phenolic OH excluding ortho intramolecular Hbond substituents is 2. The summed E-state index contributed by atoms with van der Waals surface area (Å²) in [5.41, 5.74) is -1.44. The van der Waals surface area contributed by atoms with Crippen molar-refractivity contribution in [3.05, 3.63) is 75.3 Å². The molecule has 2 aliphatic rings. The number of aromatic nitrogens is 4. The molecule has 6 rings (SSSR count). The third kappa shape index (κ3) is 10.1. The van der Waals surface area contributed by atoms with E-state index in [9.17, 15) is 49.2 Å². The number of carboxylic acid groups (broad SMARTS) is 2. The Balaban J connectivity index is 0.00000360. The van der Waals surface area contributed by atoms with E-state index in [1.807, 2.05) is 19.0 Å². The first-order valence-electron chi connectivity index (χ1n) is 16.2. The van der Waals surface area contributed by atoms with Gasteiger partial charge >= 0.3 is 59.1 Å². The van der Waals surface area contributed by atoms with Crippen LogP contribution in [0.3, 0.4) is 0 Å². The zero-order valence-electron chi connectivity index (χ0n) is 30.8. The number of hydrogen-bond donors (Lipinski definition) is 4. The number of tetrazole rings is 1. The number of aliphatic carboxylic acids is 2. The largest absolute Gasteiger partial charge is 1.00 e. The van der Waals surface area contributed by atoms with Crippen molar-refractivity contribution >= 4 is 64.2 Å². The molecule has 20 nitrogen and oxygen atoms in total. The number of nitrogens with one attached hydrogen (secondary N) is 2. The van der Waals surface area contributed by atoms with Gasteiger partial charge in [0, 0.05) is 24.1 Å². The van der Waals surface area contributed by atoms with Crippen LogP contribution in [0.2, 0.25) is 0 Å². The molecule has 1 saturated heterocycles. The van der Waals surface area contributed by atoms with E-state index in [0.29, 0.717) is 23.8 Å². The minimum Gasteiger partial charge on any atom is -0.546 e. The number of amides is 3. The molecule has 0 spiro atoms. The van der Waals surface area contributed by atoms with Gasteiger partial charge in [-0.15, -0.1) is 16.9 Å². The molecule has 1 fully saturated rings. The van der Waals surface area contributed by atoms with E-state index < -0.39 is 76.2 Å². The van der Waals surface area contributed by atoms with Crippen LogP contribution in [0.25, 0.3) is 11.0 Å². The van der Waals surface area contributed by atoms with E-state index in [1.165, 1.54) is 47.8 Å². The number of thioether (sulfide) groups is 2. The zero-order valence-corrected chi connectivity index (χ0v) is 36.4. The van der Waals surface area contributed by atoms with Gasteiger partial charge in [0.05, 0.1) is 29.6 Å². The van der Waals surface area contributed by atoms with Crippen LogP contribution in [-0.2, 0) is 25.7 Å². The van der Waals surface area contributed by atoms with Crippen LogP contribution >= 0.6 is 23.5 Å². The van der Waals surface area contributed by atoms with Gasteiger partial charge in [0.2, 0.25) is 16.5 Å². The quantitative estimate of drug-likeness (QED) is 0.0374. The summed E-state index contributed by atoms with van der Waals surface area (Å²) in [7, 11) is 3.79. The van der Waals surface area contributed by atoms with Gasteiger partial charge in [0.25, 0.3) is 11.8 Å². The smallest absolute Gasteiger partial charge is 0.546 e. The van der Waals surface area contributed by atoms with Crippen molar-refractivity contribution in [2.24, 2.45) is 0 Å². The molecular weight excluding hydrogens is 811 g/mol. The van der Waals surface area contributed by atoms with Crippen LogP contribution in [0.5, 0.6) is 17.2 Å². The first-order valence-corrected chi connectivity index (χ1v) is 18.2. The fraction of sp³-hybridized carbons (Fsp3) is 0.303. The van der Waals surface area contributed by atoms with E-state index in [4.69, 9.17) is 9.15 Å².